The van der Waals surface area contributed by atoms with Crippen molar-refractivity contribution in [1.82, 2.24) is 14.5 Å². The maximum atomic E-state index is 6.04. The number of halogens is 1. The van der Waals surface area contributed by atoms with Crippen LogP contribution in [0.15, 0.2) is 12.1 Å². The Kier molecular flexibility index (Phi) is 4.24. The topological polar surface area (TPSA) is 30.7 Å². The van der Waals surface area contributed by atoms with Crippen LogP contribution in [0.4, 0.5) is 0 Å². The lowest BCUT2D eigenvalue weighted by Crippen LogP contribution is -2.21. The van der Waals surface area contributed by atoms with Gasteiger partial charge in [-0.1, -0.05) is 0 Å². The van der Waals surface area contributed by atoms with Crippen LogP contribution in [0, 0.1) is 6.92 Å². The van der Waals surface area contributed by atoms with E-state index in [2.05, 4.69) is 26.3 Å². The first-order chi connectivity index (χ1) is 9.28. The van der Waals surface area contributed by atoms with Crippen LogP contribution >= 0.6 is 35.1 Å². The largest absolute Gasteiger partial charge is 0.311 e. The fourth-order valence-corrected chi connectivity index (χ4v) is 5.14. The van der Waals surface area contributed by atoms with Crippen LogP contribution in [-0.4, -0.2) is 37.0 Å². The number of aromatic nitrogens is 3. The predicted molar refractivity (Wildman–Crippen MR) is 85.4 cm³/mol. The van der Waals surface area contributed by atoms with Crippen LogP contribution in [0.2, 0.25) is 0 Å². The standard InChI is InChI=1S/C13H16ClN3S2/c1-9-2-3-11-13(15-9)17(12(6-14)16-11)7-10-8-18-4-5-19-10/h2-3,10H,4-8H2,1H3. The molecular weight excluding hydrogens is 298 g/mol. The number of hydrogen-bond donors (Lipinski definition) is 0. The maximum Gasteiger partial charge on any atom is 0.160 e. The number of imidazole rings is 1. The van der Waals surface area contributed by atoms with Gasteiger partial charge in [0.05, 0.1) is 5.88 Å². The zero-order valence-corrected chi connectivity index (χ0v) is 13.2. The lowest BCUT2D eigenvalue weighted by Gasteiger charge is -2.22. The molecule has 6 heteroatoms. The fourth-order valence-electron chi connectivity index (χ4n) is 2.28. The Morgan fingerprint density at radius 3 is 3.00 bits per heavy atom. The third-order valence-corrected chi connectivity index (χ3v) is 6.27. The maximum absolute atomic E-state index is 6.04. The number of aryl methyl sites for hydroxylation is 1. The van der Waals surface area contributed by atoms with Gasteiger partial charge in [0.25, 0.3) is 0 Å². The van der Waals surface area contributed by atoms with Crippen LogP contribution in [0.5, 0.6) is 0 Å². The van der Waals surface area contributed by atoms with Crippen molar-refractivity contribution in [3.05, 3.63) is 23.7 Å². The average molecular weight is 314 g/mol. The number of pyridine rings is 1. The van der Waals surface area contributed by atoms with Crippen molar-refractivity contribution in [3.63, 3.8) is 0 Å². The van der Waals surface area contributed by atoms with E-state index in [-0.39, 0.29) is 0 Å². The van der Waals surface area contributed by atoms with E-state index in [4.69, 9.17) is 11.6 Å². The number of rotatable bonds is 3. The molecule has 2 aromatic heterocycles. The Morgan fingerprint density at radius 1 is 1.37 bits per heavy atom. The Balaban J connectivity index is 1.97. The number of thioether (sulfide) groups is 2. The third kappa shape index (κ3) is 2.88. The van der Waals surface area contributed by atoms with Gasteiger partial charge in [-0.05, 0) is 19.1 Å². The molecule has 3 rings (SSSR count). The molecule has 2 aromatic rings. The minimum Gasteiger partial charge on any atom is -0.311 e. The lowest BCUT2D eigenvalue weighted by molar-refractivity contribution is 0.681. The predicted octanol–water partition coefficient (Wildman–Crippen LogP) is 3.33. The summed E-state index contributed by atoms with van der Waals surface area (Å²) in [6.07, 6.45) is 0. The van der Waals surface area contributed by atoms with Crippen molar-refractivity contribution in [2.45, 2.75) is 24.6 Å². The second-order valence-corrected chi connectivity index (χ2v) is 7.46. The van der Waals surface area contributed by atoms with Crippen LogP contribution in [0.1, 0.15) is 11.5 Å². The molecule has 1 aliphatic heterocycles. The summed E-state index contributed by atoms with van der Waals surface area (Å²) in [5, 5.41) is 0.639. The van der Waals surface area contributed by atoms with E-state index >= 15 is 0 Å². The van der Waals surface area contributed by atoms with E-state index in [9.17, 15) is 0 Å². The van der Waals surface area contributed by atoms with Gasteiger partial charge in [0.1, 0.15) is 11.3 Å². The van der Waals surface area contributed by atoms with Gasteiger partial charge in [0.2, 0.25) is 0 Å². The summed E-state index contributed by atoms with van der Waals surface area (Å²) in [5.74, 6) is 5.10. The average Bonchev–Trinajstić information content (AvgIpc) is 2.78. The van der Waals surface area contributed by atoms with E-state index < -0.39 is 0 Å². The monoisotopic (exact) mass is 313 g/mol. The molecule has 0 spiro atoms. The minimum absolute atomic E-state index is 0.444. The molecule has 0 bridgehead atoms. The molecule has 19 heavy (non-hydrogen) atoms. The van der Waals surface area contributed by atoms with Crippen molar-refractivity contribution >= 4 is 46.3 Å². The first kappa shape index (κ1) is 13.6. The zero-order chi connectivity index (χ0) is 13.2. The van der Waals surface area contributed by atoms with Gasteiger partial charge in [0, 0.05) is 34.7 Å². The molecule has 0 aromatic carbocycles. The highest BCUT2D eigenvalue weighted by molar-refractivity contribution is 8.06. The van der Waals surface area contributed by atoms with Crippen molar-refractivity contribution in [1.29, 1.82) is 0 Å². The fraction of sp³-hybridized carbons (Fsp3) is 0.538. The summed E-state index contributed by atoms with van der Waals surface area (Å²) in [6, 6.07) is 4.04. The first-order valence-electron chi connectivity index (χ1n) is 6.36. The second-order valence-electron chi connectivity index (χ2n) is 4.64. The first-order valence-corrected chi connectivity index (χ1v) is 9.10. The lowest BCUT2D eigenvalue weighted by atomic mass is 10.3. The summed E-state index contributed by atoms with van der Waals surface area (Å²) in [6.45, 7) is 2.98. The van der Waals surface area contributed by atoms with Crippen molar-refractivity contribution < 1.29 is 0 Å². The Labute approximate surface area is 126 Å². The summed E-state index contributed by atoms with van der Waals surface area (Å²) in [5.41, 5.74) is 2.96. The molecule has 1 unspecified atom stereocenters. The van der Waals surface area contributed by atoms with Gasteiger partial charge in [-0.15, -0.1) is 11.6 Å². The molecule has 0 amide bonds. The van der Waals surface area contributed by atoms with E-state index in [1.54, 1.807) is 0 Å². The molecule has 1 fully saturated rings. The van der Waals surface area contributed by atoms with Gasteiger partial charge in [-0.3, -0.25) is 0 Å². The molecule has 102 valence electrons. The number of alkyl halides is 1. The Morgan fingerprint density at radius 2 is 2.26 bits per heavy atom. The SMILES string of the molecule is Cc1ccc2nc(CCl)n(CC3CSCCS3)c2n1. The summed E-state index contributed by atoms with van der Waals surface area (Å²) >= 11 is 10.1. The van der Waals surface area contributed by atoms with Gasteiger partial charge < -0.3 is 4.57 Å². The summed E-state index contributed by atoms with van der Waals surface area (Å²) < 4.78 is 2.21. The highest BCUT2D eigenvalue weighted by Crippen LogP contribution is 2.27. The minimum atomic E-state index is 0.444. The highest BCUT2D eigenvalue weighted by Gasteiger charge is 2.19. The van der Waals surface area contributed by atoms with E-state index in [0.29, 0.717) is 11.1 Å². The smallest absolute Gasteiger partial charge is 0.160 e. The molecule has 3 nitrogen and oxygen atoms in total. The number of fused-ring (bicyclic) bond motifs is 1. The van der Waals surface area contributed by atoms with E-state index in [0.717, 1.165) is 29.2 Å². The molecule has 0 aliphatic carbocycles. The van der Waals surface area contributed by atoms with Gasteiger partial charge in [-0.2, -0.15) is 23.5 Å². The van der Waals surface area contributed by atoms with Crippen molar-refractivity contribution in [2.24, 2.45) is 0 Å². The van der Waals surface area contributed by atoms with Gasteiger partial charge in [-0.25, -0.2) is 9.97 Å². The molecular formula is C13H16ClN3S2. The zero-order valence-electron chi connectivity index (χ0n) is 10.8. The van der Waals surface area contributed by atoms with Crippen LogP contribution in [-0.2, 0) is 12.4 Å². The molecule has 1 atom stereocenters. The number of hydrogen-bond acceptors (Lipinski definition) is 4. The number of nitrogens with zero attached hydrogens (tertiary/aromatic N) is 3. The Hall–Kier alpha value is -0.390. The summed E-state index contributed by atoms with van der Waals surface area (Å²) in [7, 11) is 0. The third-order valence-electron chi connectivity index (χ3n) is 3.20. The molecule has 1 aliphatic rings. The molecule has 1 saturated heterocycles. The van der Waals surface area contributed by atoms with Crippen LogP contribution in [0.25, 0.3) is 11.2 Å². The van der Waals surface area contributed by atoms with E-state index in [1.165, 1.54) is 17.3 Å². The van der Waals surface area contributed by atoms with Crippen LogP contribution in [0.3, 0.4) is 0 Å². The highest BCUT2D eigenvalue weighted by atomic mass is 35.5. The van der Waals surface area contributed by atoms with Crippen LogP contribution < -0.4 is 0 Å². The second kappa shape index (κ2) is 5.94. The summed E-state index contributed by atoms with van der Waals surface area (Å²) in [4.78, 5) is 9.23. The van der Waals surface area contributed by atoms with Crippen molar-refractivity contribution in [2.75, 3.05) is 17.3 Å². The quantitative estimate of drug-likeness (QED) is 0.813. The molecule has 0 N–H and O–H groups in total. The molecule has 0 saturated carbocycles. The van der Waals surface area contributed by atoms with Crippen molar-refractivity contribution in [3.8, 4) is 0 Å². The van der Waals surface area contributed by atoms with Gasteiger partial charge in [0.15, 0.2) is 5.65 Å². The van der Waals surface area contributed by atoms with E-state index in [1.807, 2.05) is 30.8 Å². The normalized spacial score (nSPS) is 20.0. The Bertz CT molecular complexity index is 579. The molecule has 3 heterocycles. The molecule has 0 radical (unpaired) electrons. The van der Waals surface area contributed by atoms with Gasteiger partial charge >= 0.3 is 0 Å².